The largest absolute Gasteiger partial charge is 0.289 e. The Balaban J connectivity index is 1.80. The number of benzene rings is 2. The molecular formula is C23H18ClN3O2S. The second-order valence-corrected chi connectivity index (χ2v) is 10.4. The van der Waals surface area contributed by atoms with Crippen molar-refractivity contribution in [2.75, 3.05) is 0 Å². The van der Waals surface area contributed by atoms with Gasteiger partial charge in [0.05, 0.1) is 27.2 Å². The second-order valence-electron chi connectivity index (χ2n) is 8.22. The summed E-state index contributed by atoms with van der Waals surface area (Å²) in [5.41, 5.74) is 2.88. The number of aromatic nitrogens is 2. The van der Waals surface area contributed by atoms with Crippen LogP contribution >= 0.6 is 11.6 Å². The van der Waals surface area contributed by atoms with E-state index < -0.39 is 21.1 Å². The average Bonchev–Trinajstić information content (AvgIpc) is 3.30. The monoisotopic (exact) mass is 435 g/mol. The van der Waals surface area contributed by atoms with Gasteiger partial charge in [0.2, 0.25) is 0 Å². The van der Waals surface area contributed by atoms with Crippen LogP contribution in [0.25, 0.3) is 10.9 Å². The zero-order chi connectivity index (χ0) is 20.9. The molecule has 2 atom stereocenters. The van der Waals surface area contributed by atoms with Crippen molar-refractivity contribution in [3.63, 3.8) is 0 Å². The normalized spacial score (nSPS) is 24.2. The molecule has 2 aliphatic rings. The highest BCUT2D eigenvalue weighted by molar-refractivity contribution is 7.90. The molecule has 1 N–H and O–H groups in total. The molecule has 0 amide bonds. The van der Waals surface area contributed by atoms with Gasteiger partial charge in [-0.2, -0.15) is 0 Å². The predicted molar refractivity (Wildman–Crippen MR) is 116 cm³/mol. The molecule has 2 aromatic heterocycles. The van der Waals surface area contributed by atoms with Gasteiger partial charge in [0.1, 0.15) is 5.15 Å². The number of pyridine rings is 1. The van der Waals surface area contributed by atoms with E-state index in [0.717, 1.165) is 27.8 Å². The molecule has 0 fully saturated rings. The van der Waals surface area contributed by atoms with Crippen molar-refractivity contribution in [2.45, 2.75) is 29.8 Å². The van der Waals surface area contributed by atoms with Crippen LogP contribution in [0.5, 0.6) is 0 Å². The Bertz CT molecular complexity index is 1480. The smallest absolute Gasteiger partial charge is 0.268 e. The Morgan fingerprint density at radius 3 is 2.40 bits per heavy atom. The van der Waals surface area contributed by atoms with Gasteiger partial charge >= 0.3 is 0 Å². The summed E-state index contributed by atoms with van der Waals surface area (Å²) < 4.78 is 29.3. The summed E-state index contributed by atoms with van der Waals surface area (Å²) in [4.78, 5) is 4.56. The van der Waals surface area contributed by atoms with Gasteiger partial charge in [0, 0.05) is 22.7 Å². The van der Waals surface area contributed by atoms with Crippen molar-refractivity contribution < 1.29 is 8.42 Å². The SMILES string of the molecule is CC12NC(C)(c3ccnc(Cl)c31)c1c2c2ccccc2n1S(=O)(=O)c1ccccc1. The molecule has 7 heteroatoms. The lowest BCUT2D eigenvalue weighted by atomic mass is 9.77. The molecule has 0 saturated carbocycles. The van der Waals surface area contributed by atoms with E-state index >= 15 is 0 Å². The number of hydrogen-bond donors (Lipinski definition) is 1. The Morgan fingerprint density at radius 1 is 0.933 bits per heavy atom. The summed E-state index contributed by atoms with van der Waals surface area (Å²) in [6.45, 7) is 4.08. The summed E-state index contributed by atoms with van der Waals surface area (Å²) in [7, 11) is -3.82. The zero-order valence-corrected chi connectivity index (χ0v) is 17.9. The fourth-order valence-corrected chi connectivity index (χ4v) is 7.44. The van der Waals surface area contributed by atoms with Crippen LogP contribution < -0.4 is 5.32 Å². The Kier molecular flexibility index (Phi) is 3.33. The number of fused-ring (bicyclic) bond motifs is 10. The van der Waals surface area contributed by atoms with Crippen molar-refractivity contribution in [3.05, 3.63) is 94.4 Å². The molecule has 0 aliphatic carbocycles. The fraction of sp³-hybridized carbons (Fsp3) is 0.174. The number of rotatable bonds is 2. The first-order valence-electron chi connectivity index (χ1n) is 9.70. The van der Waals surface area contributed by atoms with Crippen molar-refractivity contribution in [2.24, 2.45) is 0 Å². The molecule has 0 spiro atoms. The molecule has 2 aliphatic heterocycles. The van der Waals surface area contributed by atoms with E-state index in [9.17, 15) is 8.42 Å². The van der Waals surface area contributed by atoms with Crippen LogP contribution in [0.1, 0.15) is 36.2 Å². The lowest BCUT2D eigenvalue weighted by Gasteiger charge is -2.27. The van der Waals surface area contributed by atoms with E-state index in [4.69, 9.17) is 11.6 Å². The first-order valence-corrected chi connectivity index (χ1v) is 11.5. The van der Waals surface area contributed by atoms with Gasteiger partial charge in [-0.3, -0.25) is 5.32 Å². The molecule has 5 nitrogen and oxygen atoms in total. The Labute approximate surface area is 179 Å². The molecule has 0 radical (unpaired) electrons. The number of nitrogens with zero attached hydrogens (tertiary/aromatic N) is 2. The van der Waals surface area contributed by atoms with E-state index in [2.05, 4.69) is 17.2 Å². The van der Waals surface area contributed by atoms with E-state index in [1.807, 2.05) is 43.3 Å². The van der Waals surface area contributed by atoms with Gasteiger partial charge in [0.25, 0.3) is 10.0 Å². The van der Waals surface area contributed by atoms with Gasteiger partial charge < -0.3 is 0 Å². The Hall–Kier alpha value is -2.67. The van der Waals surface area contributed by atoms with Crippen LogP contribution in [-0.4, -0.2) is 17.4 Å². The number of hydrogen-bond acceptors (Lipinski definition) is 4. The first kappa shape index (κ1) is 18.1. The zero-order valence-electron chi connectivity index (χ0n) is 16.3. The molecule has 6 rings (SSSR count). The van der Waals surface area contributed by atoms with Gasteiger partial charge in [-0.15, -0.1) is 0 Å². The molecule has 30 heavy (non-hydrogen) atoms. The quantitative estimate of drug-likeness (QED) is 0.475. The van der Waals surface area contributed by atoms with E-state index in [1.165, 1.54) is 3.97 Å². The summed E-state index contributed by atoms with van der Waals surface area (Å²) in [5, 5.41) is 5.02. The Morgan fingerprint density at radius 2 is 1.63 bits per heavy atom. The third kappa shape index (κ3) is 1.92. The van der Waals surface area contributed by atoms with Crippen LogP contribution in [0.15, 0.2) is 71.8 Å². The molecule has 2 bridgehead atoms. The third-order valence-corrected chi connectivity index (χ3v) is 8.54. The van der Waals surface area contributed by atoms with E-state index in [-0.39, 0.29) is 4.90 Å². The van der Waals surface area contributed by atoms with Crippen LogP contribution in [0.4, 0.5) is 0 Å². The van der Waals surface area contributed by atoms with Crippen LogP contribution in [0.3, 0.4) is 0 Å². The number of nitrogens with one attached hydrogen (secondary N) is 1. The van der Waals surface area contributed by atoms with E-state index in [1.54, 1.807) is 30.5 Å². The minimum atomic E-state index is -3.82. The number of halogens is 1. The molecule has 4 heterocycles. The van der Waals surface area contributed by atoms with Gasteiger partial charge in [-0.05, 0) is 43.7 Å². The summed E-state index contributed by atoms with van der Waals surface area (Å²) in [6, 6.07) is 18.2. The number of para-hydroxylation sites is 1. The summed E-state index contributed by atoms with van der Waals surface area (Å²) >= 11 is 6.55. The minimum absolute atomic E-state index is 0.262. The highest BCUT2D eigenvalue weighted by atomic mass is 35.5. The van der Waals surface area contributed by atoms with Gasteiger partial charge in [0.15, 0.2) is 0 Å². The minimum Gasteiger partial charge on any atom is -0.289 e. The maximum atomic E-state index is 13.9. The van der Waals surface area contributed by atoms with Gasteiger partial charge in [-0.1, -0.05) is 48.0 Å². The third-order valence-electron chi connectivity index (χ3n) is 6.53. The van der Waals surface area contributed by atoms with Crippen LogP contribution in [0, 0.1) is 0 Å². The second kappa shape index (κ2) is 5.52. The van der Waals surface area contributed by atoms with Crippen molar-refractivity contribution in [1.29, 1.82) is 0 Å². The maximum Gasteiger partial charge on any atom is 0.268 e. The lowest BCUT2D eigenvalue weighted by Crippen LogP contribution is -2.38. The lowest BCUT2D eigenvalue weighted by molar-refractivity contribution is 0.410. The van der Waals surface area contributed by atoms with Crippen molar-refractivity contribution in [1.82, 2.24) is 14.3 Å². The molecule has 4 aromatic rings. The summed E-state index contributed by atoms with van der Waals surface area (Å²) in [5.74, 6) is 0. The van der Waals surface area contributed by atoms with E-state index in [0.29, 0.717) is 10.7 Å². The fourth-order valence-electron chi connectivity index (χ4n) is 5.45. The average molecular weight is 436 g/mol. The van der Waals surface area contributed by atoms with Crippen molar-refractivity contribution in [3.8, 4) is 0 Å². The predicted octanol–water partition coefficient (Wildman–Crippen LogP) is 4.37. The van der Waals surface area contributed by atoms with Crippen LogP contribution in [0.2, 0.25) is 5.15 Å². The molecule has 2 aromatic carbocycles. The van der Waals surface area contributed by atoms with Crippen LogP contribution in [-0.2, 0) is 21.1 Å². The molecule has 150 valence electrons. The highest BCUT2D eigenvalue weighted by Gasteiger charge is 2.61. The molecule has 2 unspecified atom stereocenters. The standard InChI is InChI=1S/C23H18ClN3O2S/c1-22-16-12-13-25-21(24)19(16)23(2,26-22)18-15-10-6-7-11-17(15)27(20(18)22)30(28,29)14-8-4-3-5-9-14/h3-13,26H,1-2H3. The summed E-state index contributed by atoms with van der Waals surface area (Å²) in [6.07, 6.45) is 1.68. The molecular weight excluding hydrogens is 418 g/mol. The topological polar surface area (TPSA) is 64.0 Å². The van der Waals surface area contributed by atoms with Crippen molar-refractivity contribution >= 4 is 32.5 Å². The maximum absolute atomic E-state index is 13.9. The van der Waals surface area contributed by atoms with Gasteiger partial charge in [-0.25, -0.2) is 17.4 Å². The first-order chi connectivity index (χ1) is 14.3. The highest BCUT2D eigenvalue weighted by Crippen LogP contribution is 2.60. The molecule has 0 saturated heterocycles.